The van der Waals surface area contributed by atoms with Crippen molar-refractivity contribution in [2.24, 2.45) is 0 Å². The molecule has 0 saturated carbocycles. The standard InChI is InChI=1S/C21H21Br/c1-12-13(2)15(4)20(16(5)14(12)3)19-11-10-17-8-6-7-9-18(17)21(19)22/h6-11H,1-5H3. The number of fused-ring (bicyclic) bond motifs is 1. The van der Waals surface area contributed by atoms with Crippen molar-refractivity contribution in [1.29, 1.82) is 0 Å². The van der Waals surface area contributed by atoms with E-state index in [-0.39, 0.29) is 0 Å². The largest absolute Gasteiger partial charge is 0.0616 e. The molecular formula is C21H21Br. The first-order chi connectivity index (χ1) is 10.4. The lowest BCUT2D eigenvalue weighted by molar-refractivity contribution is 1.18. The van der Waals surface area contributed by atoms with Gasteiger partial charge < -0.3 is 0 Å². The van der Waals surface area contributed by atoms with Crippen LogP contribution in [0.3, 0.4) is 0 Å². The lowest BCUT2D eigenvalue weighted by Crippen LogP contribution is -2.00. The van der Waals surface area contributed by atoms with Crippen LogP contribution in [0.15, 0.2) is 40.9 Å². The Morgan fingerprint density at radius 2 is 1.18 bits per heavy atom. The van der Waals surface area contributed by atoms with Gasteiger partial charge in [-0.2, -0.15) is 0 Å². The molecule has 3 rings (SSSR count). The molecule has 22 heavy (non-hydrogen) atoms. The summed E-state index contributed by atoms with van der Waals surface area (Å²) in [5, 5.41) is 2.55. The van der Waals surface area contributed by atoms with Gasteiger partial charge >= 0.3 is 0 Å². The van der Waals surface area contributed by atoms with Gasteiger partial charge in [-0.05, 0) is 100 Å². The van der Waals surface area contributed by atoms with Gasteiger partial charge in [-0.3, -0.25) is 0 Å². The summed E-state index contributed by atoms with van der Waals surface area (Å²) >= 11 is 3.85. The predicted molar refractivity (Wildman–Crippen MR) is 101 cm³/mol. The molecule has 0 aliphatic heterocycles. The monoisotopic (exact) mass is 352 g/mol. The summed E-state index contributed by atoms with van der Waals surface area (Å²) in [6, 6.07) is 13.0. The molecule has 0 unspecified atom stereocenters. The third-order valence-corrected chi connectivity index (χ3v) is 5.99. The molecule has 0 saturated heterocycles. The quantitative estimate of drug-likeness (QED) is 0.451. The highest BCUT2D eigenvalue weighted by molar-refractivity contribution is 9.10. The lowest BCUT2D eigenvalue weighted by atomic mass is 9.86. The Kier molecular flexibility index (Phi) is 3.86. The molecule has 0 bridgehead atoms. The van der Waals surface area contributed by atoms with E-state index in [9.17, 15) is 0 Å². The molecule has 0 radical (unpaired) electrons. The van der Waals surface area contributed by atoms with Crippen LogP contribution in [0.5, 0.6) is 0 Å². The average Bonchev–Trinajstić information content (AvgIpc) is 2.53. The molecule has 1 heteroatoms. The van der Waals surface area contributed by atoms with Gasteiger partial charge in [-0.25, -0.2) is 0 Å². The van der Waals surface area contributed by atoms with Gasteiger partial charge in [-0.15, -0.1) is 0 Å². The summed E-state index contributed by atoms with van der Waals surface area (Å²) in [6.07, 6.45) is 0. The van der Waals surface area contributed by atoms with Crippen LogP contribution < -0.4 is 0 Å². The highest BCUT2D eigenvalue weighted by Crippen LogP contribution is 2.40. The number of halogens is 1. The number of hydrogen-bond acceptors (Lipinski definition) is 0. The fourth-order valence-electron chi connectivity index (χ4n) is 3.33. The summed E-state index contributed by atoms with van der Waals surface area (Å²) in [7, 11) is 0. The number of hydrogen-bond donors (Lipinski definition) is 0. The van der Waals surface area contributed by atoms with Crippen molar-refractivity contribution < 1.29 is 0 Å². The van der Waals surface area contributed by atoms with Crippen LogP contribution in [0.4, 0.5) is 0 Å². The normalized spacial score (nSPS) is 11.2. The Balaban J connectivity index is 2.40. The van der Waals surface area contributed by atoms with Crippen molar-refractivity contribution in [3.63, 3.8) is 0 Å². The SMILES string of the molecule is Cc1c(C)c(C)c(-c2ccc3ccccc3c2Br)c(C)c1C. The second-order valence-corrected chi connectivity index (χ2v) is 6.94. The molecule has 3 aromatic carbocycles. The molecule has 0 fully saturated rings. The first-order valence-corrected chi connectivity index (χ1v) is 8.47. The molecule has 112 valence electrons. The Morgan fingerprint density at radius 1 is 0.636 bits per heavy atom. The summed E-state index contributed by atoms with van der Waals surface area (Å²) in [4.78, 5) is 0. The predicted octanol–water partition coefficient (Wildman–Crippen LogP) is 6.81. The molecule has 0 aliphatic carbocycles. The van der Waals surface area contributed by atoms with Crippen LogP contribution >= 0.6 is 15.9 Å². The maximum Gasteiger partial charge on any atom is 0.0332 e. The van der Waals surface area contributed by atoms with E-state index in [2.05, 4.69) is 86.9 Å². The highest BCUT2D eigenvalue weighted by Gasteiger charge is 2.16. The molecule has 0 aliphatic rings. The van der Waals surface area contributed by atoms with Crippen LogP contribution in [0.25, 0.3) is 21.9 Å². The molecule has 0 spiro atoms. The van der Waals surface area contributed by atoms with E-state index in [4.69, 9.17) is 0 Å². The van der Waals surface area contributed by atoms with Gasteiger partial charge in [0.15, 0.2) is 0 Å². The van der Waals surface area contributed by atoms with E-state index in [1.807, 2.05) is 0 Å². The van der Waals surface area contributed by atoms with E-state index >= 15 is 0 Å². The van der Waals surface area contributed by atoms with E-state index in [0.29, 0.717) is 0 Å². The first kappa shape index (κ1) is 15.3. The van der Waals surface area contributed by atoms with Crippen LogP contribution in [0, 0.1) is 34.6 Å². The van der Waals surface area contributed by atoms with E-state index in [1.54, 1.807) is 0 Å². The Hall–Kier alpha value is -1.60. The van der Waals surface area contributed by atoms with Crippen LogP contribution in [-0.2, 0) is 0 Å². The van der Waals surface area contributed by atoms with Gasteiger partial charge in [0.2, 0.25) is 0 Å². The summed E-state index contributed by atoms with van der Waals surface area (Å²) in [6.45, 7) is 11.2. The highest BCUT2D eigenvalue weighted by atomic mass is 79.9. The van der Waals surface area contributed by atoms with Crippen molar-refractivity contribution in [2.45, 2.75) is 34.6 Å². The van der Waals surface area contributed by atoms with E-state index < -0.39 is 0 Å². The molecule has 0 heterocycles. The van der Waals surface area contributed by atoms with Crippen molar-refractivity contribution in [1.82, 2.24) is 0 Å². The van der Waals surface area contributed by atoms with E-state index in [0.717, 1.165) is 0 Å². The average molecular weight is 353 g/mol. The topological polar surface area (TPSA) is 0 Å². The smallest absolute Gasteiger partial charge is 0.0332 e. The van der Waals surface area contributed by atoms with Crippen molar-refractivity contribution >= 4 is 26.7 Å². The number of rotatable bonds is 1. The van der Waals surface area contributed by atoms with Crippen LogP contribution in [0.1, 0.15) is 27.8 Å². The first-order valence-electron chi connectivity index (χ1n) is 7.68. The van der Waals surface area contributed by atoms with Crippen LogP contribution in [0.2, 0.25) is 0 Å². The second-order valence-electron chi connectivity index (χ2n) is 6.15. The third-order valence-electron chi connectivity index (χ3n) is 5.13. The second kappa shape index (κ2) is 5.55. The maximum atomic E-state index is 3.85. The zero-order chi connectivity index (χ0) is 16.0. The fourth-order valence-corrected chi connectivity index (χ4v) is 4.02. The zero-order valence-corrected chi connectivity index (χ0v) is 15.4. The van der Waals surface area contributed by atoms with Gasteiger partial charge in [0, 0.05) is 4.47 Å². The molecule has 3 aromatic rings. The van der Waals surface area contributed by atoms with Crippen molar-refractivity contribution in [3.8, 4) is 11.1 Å². The zero-order valence-electron chi connectivity index (χ0n) is 13.8. The fraction of sp³-hybridized carbons (Fsp3) is 0.238. The lowest BCUT2D eigenvalue weighted by Gasteiger charge is -2.20. The summed E-state index contributed by atoms with van der Waals surface area (Å²) in [5.74, 6) is 0. The molecule has 0 aromatic heterocycles. The van der Waals surface area contributed by atoms with Gasteiger partial charge in [0.25, 0.3) is 0 Å². The maximum absolute atomic E-state index is 3.85. The minimum absolute atomic E-state index is 1.19. The summed E-state index contributed by atoms with van der Waals surface area (Å²) in [5.41, 5.74) is 9.65. The number of benzene rings is 3. The Labute approximate surface area is 141 Å². The molecular weight excluding hydrogens is 332 g/mol. The summed E-state index contributed by atoms with van der Waals surface area (Å²) < 4.78 is 1.19. The van der Waals surface area contributed by atoms with Crippen molar-refractivity contribution in [3.05, 3.63) is 68.7 Å². The van der Waals surface area contributed by atoms with Gasteiger partial charge in [0.1, 0.15) is 0 Å². The van der Waals surface area contributed by atoms with Crippen LogP contribution in [-0.4, -0.2) is 0 Å². The third kappa shape index (κ3) is 2.19. The molecule has 0 nitrogen and oxygen atoms in total. The molecule has 0 amide bonds. The molecule has 0 N–H and O–H groups in total. The molecule has 0 atom stereocenters. The van der Waals surface area contributed by atoms with Crippen molar-refractivity contribution in [2.75, 3.05) is 0 Å². The Bertz CT molecular complexity index is 859. The van der Waals surface area contributed by atoms with E-state index in [1.165, 1.54) is 54.2 Å². The van der Waals surface area contributed by atoms with Gasteiger partial charge in [-0.1, -0.05) is 36.4 Å². The minimum Gasteiger partial charge on any atom is -0.0616 e. The minimum atomic E-state index is 1.19. The van der Waals surface area contributed by atoms with Gasteiger partial charge in [0.05, 0.1) is 0 Å². The Morgan fingerprint density at radius 3 is 1.82 bits per heavy atom.